The molecule has 0 fully saturated rings. The van der Waals surface area contributed by atoms with E-state index in [1.807, 2.05) is 6.92 Å². The first-order valence-electron chi connectivity index (χ1n) is 7.59. The summed E-state index contributed by atoms with van der Waals surface area (Å²) in [6.07, 6.45) is 1.96. The number of carbonyl (C=O) groups is 1. The van der Waals surface area contributed by atoms with Crippen LogP contribution in [0.1, 0.15) is 25.5 Å². The minimum absolute atomic E-state index is 0.0942. The van der Waals surface area contributed by atoms with Crippen molar-refractivity contribution < 1.29 is 13.9 Å². The van der Waals surface area contributed by atoms with E-state index in [0.717, 1.165) is 12.8 Å². The van der Waals surface area contributed by atoms with Crippen molar-refractivity contribution >= 4 is 5.91 Å². The first kappa shape index (κ1) is 16.9. The molecule has 0 aliphatic rings. The van der Waals surface area contributed by atoms with E-state index < -0.39 is 0 Å². The molecule has 5 nitrogen and oxygen atoms in total. The van der Waals surface area contributed by atoms with Gasteiger partial charge in [0.15, 0.2) is 12.4 Å². The van der Waals surface area contributed by atoms with Gasteiger partial charge in [-0.25, -0.2) is 9.37 Å². The van der Waals surface area contributed by atoms with Crippen molar-refractivity contribution in [1.82, 2.24) is 15.3 Å². The van der Waals surface area contributed by atoms with Crippen LogP contribution in [-0.2, 0) is 4.79 Å². The molecule has 1 heterocycles. The number of carbonyl (C=O) groups excluding carboxylic acids is 1. The Hall–Kier alpha value is -2.50. The Morgan fingerprint density at radius 2 is 2.00 bits per heavy atom. The molecular weight excluding hydrogens is 297 g/mol. The van der Waals surface area contributed by atoms with E-state index in [1.54, 1.807) is 18.2 Å². The smallest absolute Gasteiger partial charge is 0.258 e. The van der Waals surface area contributed by atoms with Gasteiger partial charge in [0, 0.05) is 23.9 Å². The largest absolute Gasteiger partial charge is 0.467 e. The lowest BCUT2D eigenvalue weighted by atomic mass is 10.2. The van der Waals surface area contributed by atoms with Crippen LogP contribution < -0.4 is 10.1 Å². The second-order valence-electron chi connectivity index (χ2n) is 5.17. The van der Waals surface area contributed by atoms with Crippen LogP contribution in [-0.4, -0.2) is 29.0 Å². The highest BCUT2D eigenvalue weighted by atomic mass is 19.1. The van der Waals surface area contributed by atoms with Gasteiger partial charge in [-0.15, -0.1) is 0 Å². The van der Waals surface area contributed by atoms with Crippen molar-refractivity contribution in [3.05, 3.63) is 41.8 Å². The molecule has 1 N–H and O–H groups in total. The van der Waals surface area contributed by atoms with E-state index in [1.165, 1.54) is 12.1 Å². The Morgan fingerprint density at radius 3 is 2.70 bits per heavy atom. The first-order valence-corrected chi connectivity index (χ1v) is 7.59. The zero-order valence-corrected chi connectivity index (χ0v) is 13.3. The van der Waals surface area contributed by atoms with E-state index in [0.29, 0.717) is 29.5 Å². The lowest BCUT2D eigenvalue weighted by Gasteiger charge is -2.08. The quantitative estimate of drug-likeness (QED) is 0.798. The second kappa shape index (κ2) is 8.22. The van der Waals surface area contributed by atoms with Crippen LogP contribution in [0.2, 0.25) is 0 Å². The van der Waals surface area contributed by atoms with Gasteiger partial charge in [0.25, 0.3) is 5.91 Å². The van der Waals surface area contributed by atoms with E-state index in [-0.39, 0.29) is 18.3 Å². The standard InChI is InChI=1S/C17H20FN3O2/c1-3-4-9-19-15(22)11-23-16-10-12(2)20-17(21-16)13-5-7-14(18)8-6-13/h5-8,10H,3-4,9,11H2,1-2H3,(H,19,22). The molecule has 1 aromatic carbocycles. The number of ether oxygens (including phenoxy) is 1. The number of amides is 1. The van der Waals surface area contributed by atoms with Crippen LogP contribution >= 0.6 is 0 Å². The van der Waals surface area contributed by atoms with Crippen LogP contribution in [0.3, 0.4) is 0 Å². The Balaban J connectivity index is 2.03. The van der Waals surface area contributed by atoms with E-state index in [2.05, 4.69) is 22.2 Å². The molecule has 1 amide bonds. The zero-order valence-electron chi connectivity index (χ0n) is 13.3. The van der Waals surface area contributed by atoms with E-state index >= 15 is 0 Å². The average Bonchev–Trinajstić information content (AvgIpc) is 2.53. The monoisotopic (exact) mass is 317 g/mol. The number of nitrogens with one attached hydrogen (secondary N) is 1. The molecule has 0 aliphatic carbocycles. The highest BCUT2D eigenvalue weighted by Crippen LogP contribution is 2.19. The number of rotatable bonds is 7. The van der Waals surface area contributed by atoms with Crippen molar-refractivity contribution in [3.8, 4) is 17.3 Å². The predicted octanol–water partition coefficient (Wildman–Crippen LogP) is 2.89. The average molecular weight is 317 g/mol. The molecule has 0 saturated heterocycles. The molecule has 2 rings (SSSR count). The van der Waals surface area contributed by atoms with Crippen LogP contribution in [0.25, 0.3) is 11.4 Å². The van der Waals surface area contributed by atoms with Crippen molar-refractivity contribution in [3.63, 3.8) is 0 Å². The van der Waals surface area contributed by atoms with Gasteiger partial charge in [-0.2, -0.15) is 4.98 Å². The van der Waals surface area contributed by atoms with Gasteiger partial charge in [0.05, 0.1) is 0 Å². The molecule has 122 valence electrons. The highest BCUT2D eigenvalue weighted by Gasteiger charge is 2.08. The minimum atomic E-state index is -0.318. The molecule has 23 heavy (non-hydrogen) atoms. The molecule has 0 spiro atoms. The fraction of sp³-hybridized carbons (Fsp3) is 0.353. The third-order valence-corrected chi connectivity index (χ3v) is 3.14. The van der Waals surface area contributed by atoms with Crippen molar-refractivity contribution in [2.75, 3.05) is 13.2 Å². The molecule has 6 heteroatoms. The summed E-state index contributed by atoms with van der Waals surface area (Å²) in [7, 11) is 0. The van der Waals surface area contributed by atoms with Crippen LogP contribution in [0.4, 0.5) is 4.39 Å². The molecule has 0 atom stereocenters. The lowest BCUT2D eigenvalue weighted by molar-refractivity contribution is -0.123. The number of hydrogen-bond acceptors (Lipinski definition) is 4. The van der Waals surface area contributed by atoms with E-state index in [4.69, 9.17) is 4.74 Å². The van der Waals surface area contributed by atoms with E-state index in [9.17, 15) is 9.18 Å². The van der Waals surface area contributed by atoms with Gasteiger partial charge in [0.1, 0.15) is 5.82 Å². The van der Waals surface area contributed by atoms with Crippen LogP contribution in [0.15, 0.2) is 30.3 Å². The molecule has 0 aliphatic heterocycles. The number of aryl methyl sites for hydroxylation is 1. The van der Waals surface area contributed by atoms with Gasteiger partial charge in [-0.05, 0) is 37.6 Å². The van der Waals surface area contributed by atoms with Crippen LogP contribution in [0, 0.1) is 12.7 Å². The van der Waals surface area contributed by atoms with Gasteiger partial charge in [0.2, 0.25) is 5.88 Å². The number of nitrogens with zero attached hydrogens (tertiary/aromatic N) is 2. The molecule has 0 unspecified atom stereocenters. The first-order chi connectivity index (χ1) is 11.1. The summed E-state index contributed by atoms with van der Waals surface area (Å²) in [5, 5.41) is 2.77. The Morgan fingerprint density at radius 1 is 1.26 bits per heavy atom. The predicted molar refractivity (Wildman–Crippen MR) is 85.6 cm³/mol. The summed E-state index contributed by atoms with van der Waals surface area (Å²) in [4.78, 5) is 20.2. The normalized spacial score (nSPS) is 10.4. The van der Waals surface area contributed by atoms with Gasteiger partial charge in [-0.1, -0.05) is 13.3 Å². The van der Waals surface area contributed by atoms with Crippen molar-refractivity contribution in [2.24, 2.45) is 0 Å². The minimum Gasteiger partial charge on any atom is -0.467 e. The van der Waals surface area contributed by atoms with Crippen molar-refractivity contribution in [2.45, 2.75) is 26.7 Å². The Bertz CT molecular complexity index is 659. The topological polar surface area (TPSA) is 64.1 Å². The zero-order chi connectivity index (χ0) is 16.7. The summed E-state index contributed by atoms with van der Waals surface area (Å²) in [6, 6.07) is 7.56. The summed E-state index contributed by atoms with van der Waals surface area (Å²) in [5.74, 6) is 0.258. The maximum absolute atomic E-state index is 13.0. The SMILES string of the molecule is CCCCNC(=O)COc1cc(C)nc(-c2ccc(F)cc2)n1. The van der Waals surface area contributed by atoms with Crippen LogP contribution in [0.5, 0.6) is 5.88 Å². The summed E-state index contributed by atoms with van der Waals surface area (Å²) < 4.78 is 18.4. The summed E-state index contributed by atoms with van der Waals surface area (Å²) in [5.41, 5.74) is 1.40. The third-order valence-electron chi connectivity index (χ3n) is 3.14. The molecular formula is C17H20FN3O2. The van der Waals surface area contributed by atoms with Gasteiger partial charge < -0.3 is 10.1 Å². The number of unbranched alkanes of at least 4 members (excludes halogenated alkanes) is 1. The summed E-state index contributed by atoms with van der Waals surface area (Å²) >= 11 is 0. The fourth-order valence-electron chi connectivity index (χ4n) is 1.94. The number of halogens is 1. The Kier molecular flexibility index (Phi) is 6.02. The third kappa shape index (κ3) is 5.32. The summed E-state index contributed by atoms with van der Waals surface area (Å²) in [6.45, 7) is 4.41. The molecule has 0 bridgehead atoms. The molecule has 2 aromatic rings. The Labute approximate surface area is 134 Å². The number of benzene rings is 1. The molecule has 0 saturated carbocycles. The van der Waals surface area contributed by atoms with Gasteiger partial charge in [-0.3, -0.25) is 4.79 Å². The molecule has 0 radical (unpaired) electrons. The number of hydrogen-bond donors (Lipinski definition) is 1. The lowest BCUT2D eigenvalue weighted by Crippen LogP contribution is -2.29. The fourth-order valence-corrected chi connectivity index (χ4v) is 1.94. The maximum atomic E-state index is 13.0. The maximum Gasteiger partial charge on any atom is 0.258 e. The van der Waals surface area contributed by atoms with Gasteiger partial charge >= 0.3 is 0 Å². The highest BCUT2D eigenvalue weighted by molar-refractivity contribution is 5.77. The molecule has 1 aromatic heterocycles. The van der Waals surface area contributed by atoms with Crippen molar-refractivity contribution in [1.29, 1.82) is 0 Å². The number of aromatic nitrogens is 2. The second-order valence-corrected chi connectivity index (χ2v) is 5.17.